The van der Waals surface area contributed by atoms with Gasteiger partial charge in [-0.1, -0.05) is 24.3 Å². The van der Waals surface area contributed by atoms with Crippen molar-refractivity contribution >= 4 is 23.5 Å². The van der Waals surface area contributed by atoms with Crippen LogP contribution in [0.1, 0.15) is 0 Å². The first-order chi connectivity index (χ1) is 11.6. The van der Waals surface area contributed by atoms with Gasteiger partial charge in [-0.3, -0.25) is 4.90 Å². The minimum Gasteiger partial charge on any atom is -0.442 e. The first-order valence-electron chi connectivity index (χ1n) is 7.45. The van der Waals surface area contributed by atoms with E-state index in [1.807, 2.05) is 18.2 Å². The lowest BCUT2D eigenvalue weighted by atomic mass is 10.2. The van der Waals surface area contributed by atoms with Crippen molar-refractivity contribution in [1.29, 1.82) is 0 Å². The molecule has 1 aliphatic rings. The number of halogens is 1. The number of carbonyl (C=O) groups is 2. The van der Waals surface area contributed by atoms with Crippen molar-refractivity contribution < 1.29 is 18.7 Å². The zero-order chi connectivity index (χ0) is 16.9. The lowest BCUT2D eigenvalue weighted by molar-refractivity contribution is 0.141. The van der Waals surface area contributed by atoms with Gasteiger partial charge in [0.1, 0.15) is 11.9 Å². The number of hydrogen-bond acceptors (Lipinski definition) is 3. The predicted molar refractivity (Wildman–Crippen MR) is 87.5 cm³/mol. The first-order valence-corrected chi connectivity index (χ1v) is 7.45. The number of ether oxygens (including phenoxy) is 1. The van der Waals surface area contributed by atoms with E-state index in [0.29, 0.717) is 11.4 Å². The van der Waals surface area contributed by atoms with Gasteiger partial charge in [-0.25, -0.2) is 14.0 Å². The molecule has 0 aliphatic carbocycles. The van der Waals surface area contributed by atoms with Gasteiger partial charge >= 0.3 is 12.1 Å². The molecule has 6 nitrogen and oxygen atoms in total. The summed E-state index contributed by atoms with van der Waals surface area (Å²) in [4.78, 5) is 25.0. The highest BCUT2D eigenvalue weighted by Crippen LogP contribution is 2.22. The van der Waals surface area contributed by atoms with Gasteiger partial charge in [0, 0.05) is 5.69 Å². The molecule has 1 heterocycles. The summed E-state index contributed by atoms with van der Waals surface area (Å²) in [7, 11) is 0. The number of hydrogen-bond donors (Lipinski definition) is 2. The van der Waals surface area contributed by atoms with E-state index < -0.39 is 18.0 Å². The highest BCUT2D eigenvalue weighted by molar-refractivity contribution is 5.90. The number of urea groups is 1. The summed E-state index contributed by atoms with van der Waals surface area (Å²) in [6.45, 7) is 0.407. The molecule has 2 N–H and O–H groups in total. The van der Waals surface area contributed by atoms with Crippen molar-refractivity contribution in [1.82, 2.24) is 5.32 Å². The molecule has 3 rings (SSSR count). The molecular weight excluding hydrogens is 313 g/mol. The zero-order valence-corrected chi connectivity index (χ0v) is 12.7. The molecule has 0 spiro atoms. The highest BCUT2D eigenvalue weighted by Gasteiger charge is 2.32. The molecule has 0 aromatic heterocycles. The Kier molecular flexibility index (Phi) is 4.60. The maximum atomic E-state index is 13.3. The second kappa shape index (κ2) is 6.99. The molecule has 1 fully saturated rings. The monoisotopic (exact) mass is 329 g/mol. The lowest BCUT2D eigenvalue weighted by Crippen LogP contribution is -2.37. The van der Waals surface area contributed by atoms with Gasteiger partial charge in [0.05, 0.1) is 18.8 Å². The van der Waals surface area contributed by atoms with E-state index in [1.165, 1.54) is 23.1 Å². The summed E-state index contributed by atoms with van der Waals surface area (Å²) in [6, 6.07) is 14.3. The summed E-state index contributed by atoms with van der Waals surface area (Å²) < 4.78 is 18.5. The van der Waals surface area contributed by atoms with Crippen LogP contribution in [0.25, 0.3) is 0 Å². The zero-order valence-electron chi connectivity index (χ0n) is 12.7. The minimum absolute atomic E-state index is 0.163. The van der Waals surface area contributed by atoms with Crippen molar-refractivity contribution in [2.24, 2.45) is 0 Å². The SMILES string of the molecule is O=C(NCC1CN(c2cccc(F)c2)C(=O)O1)Nc1ccccc1. The largest absolute Gasteiger partial charge is 0.442 e. The second-order valence-corrected chi connectivity index (χ2v) is 5.30. The number of amides is 3. The Labute approximate surface area is 138 Å². The molecule has 24 heavy (non-hydrogen) atoms. The highest BCUT2D eigenvalue weighted by atomic mass is 19.1. The van der Waals surface area contributed by atoms with Gasteiger partial charge in [-0.05, 0) is 30.3 Å². The number of para-hydroxylation sites is 1. The van der Waals surface area contributed by atoms with E-state index in [9.17, 15) is 14.0 Å². The Bertz CT molecular complexity index is 739. The van der Waals surface area contributed by atoms with Gasteiger partial charge in [0.15, 0.2) is 0 Å². The minimum atomic E-state index is -0.559. The number of nitrogens with zero attached hydrogens (tertiary/aromatic N) is 1. The van der Waals surface area contributed by atoms with E-state index in [-0.39, 0.29) is 19.1 Å². The maximum absolute atomic E-state index is 13.3. The average molecular weight is 329 g/mol. The Morgan fingerprint density at radius 1 is 1.21 bits per heavy atom. The Morgan fingerprint density at radius 3 is 2.75 bits per heavy atom. The molecule has 0 radical (unpaired) electrons. The molecule has 1 unspecified atom stereocenters. The third-order valence-corrected chi connectivity index (χ3v) is 3.52. The number of nitrogens with one attached hydrogen (secondary N) is 2. The molecule has 7 heteroatoms. The van der Waals surface area contributed by atoms with Gasteiger partial charge in [-0.15, -0.1) is 0 Å². The van der Waals surface area contributed by atoms with Crippen LogP contribution in [-0.4, -0.2) is 31.3 Å². The normalized spacial score (nSPS) is 16.6. The molecule has 0 saturated carbocycles. The maximum Gasteiger partial charge on any atom is 0.414 e. The third kappa shape index (κ3) is 3.81. The van der Waals surface area contributed by atoms with Crippen molar-refractivity contribution in [3.05, 3.63) is 60.4 Å². The summed E-state index contributed by atoms with van der Waals surface area (Å²) in [6.07, 6.45) is -1.06. The van der Waals surface area contributed by atoms with Crippen LogP contribution < -0.4 is 15.5 Å². The van der Waals surface area contributed by atoms with E-state index in [0.717, 1.165) is 0 Å². The predicted octanol–water partition coefficient (Wildman–Crippen LogP) is 2.97. The van der Waals surface area contributed by atoms with Gasteiger partial charge < -0.3 is 15.4 Å². The molecular formula is C17H16FN3O3. The Hall–Kier alpha value is -3.09. The standard InChI is InChI=1S/C17H16FN3O3/c18-12-5-4-8-14(9-12)21-11-15(24-17(21)23)10-19-16(22)20-13-6-2-1-3-7-13/h1-9,15H,10-11H2,(H2,19,20,22). The number of anilines is 2. The summed E-state index contributed by atoms with van der Waals surface area (Å²) in [5.74, 6) is -0.427. The van der Waals surface area contributed by atoms with Crippen LogP contribution in [0.5, 0.6) is 0 Å². The number of rotatable bonds is 4. The first kappa shape index (κ1) is 15.8. The lowest BCUT2D eigenvalue weighted by Gasteiger charge is -2.13. The molecule has 3 amide bonds. The van der Waals surface area contributed by atoms with Crippen molar-refractivity contribution in [2.45, 2.75) is 6.10 Å². The van der Waals surface area contributed by atoms with E-state index in [1.54, 1.807) is 18.2 Å². The number of carbonyl (C=O) groups excluding carboxylic acids is 2. The van der Waals surface area contributed by atoms with E-state index >= 15 is 0 Å². The van der Waals surface area contributed by atoms with Crippen LogP contribution in [0.2, 0.25) is 0 Å². The molecule has 124 valence electrons. The fraction of sp³-hybridized carbons (Fsp3) is 0.176. The van der Waals surface area contributed by atoms with Crippen LogP contribution >= 0.6 is 0 Å². The van der Waals surface area contributed by atoms with Gasteiger partial charge in [-0.2, -0.15) is 0 Å². The summed E-state index contributed by atoms with van der Waals surface area (Å²) in [5, 5.41) is 5.32. The fourth-order valence-corrected chi connectivity index (χ4v) is 2.39. The molecule has 2 aromatic rings. The Balaban J connectivity index is 1.52. The molecule has 0 bridgehead atoms. The van der Waals surface area contributed by atoms with Gasteiger partial charge in [0.2, 0.25) is 0 Å². The van der Waals surface area contributed by atoms with Crippen molar-refractivity contribution in [3.63, 3.8) is 0 Å². The van der Waals surface area contributed by atoms with Crippen LogP contribution in [0, 0.1) is 5.82 Å². The Morgan fingerprint density at radius 2 is 2.00 bits per heavy atom. The second-order valence-electron chi connectivity index (χ2n) is 5.30. The quantitative estimate of drug-likeness (QED) is 0.906. The number of benzene rings is 2. The topological polar surface area (TPSA) is 70.7 Å². The molecule has 1 aliphatic heterocycles. The summed E-state index contributed by atoms with van der Waals surface area (Å²) in [5.41, 5.74) is 1.09. The van der Waals surface area contributed by atoms with Crippen LogP contribution in [-0.2, 0) is 4.74 Å². The molecule has 2 aromatic carbocycles. The number of cyclic esters (lactones) is 1. The molecule has 1 saturated heterocycles. The average Bonchev–Trinajstić information content (AvgIpc) is 2.95. The summed E-state index contributed by atoms with van der Waals surface area (Å²) >= 11 is 0. The van der Waals surface area contributed by atoms with Crippen LogP contribution in [0.4, 0.5) is 25.4 Å². The fourth-order valence-electron chi connectivity index (χ4n) is 2.39. The smallest absolute Gasteiger partial charge is 0.414 e. The molecule has 1 atom stereocenters. The van der Waals surface area contributed by atoms with Crippen molar-refractivity contribution in [2.75, 3.05) is 23.3 Å². The van der Waals surface area contributed by atoms with Gasteiger partial charge in [0.25, 0.3) is 0 Å². The van der Waals surface area contributed by atoms with Crippen LogP contribution in [0.15, 0.2) is 54.6 Å². The van der Waals surface area contributed by atoms with E-state index in [4.69, 9.17) is 4.74 Å². The van der Waals surface area contributed by atoms with Crippen molar-refractivity contribution in [3.8, 4) is 0 Å². The van der Waals surface area contributed by atoms with Crippen LogP contribution in [0.3, 0.4) is 0 Å². The third-order valence-electron chi connectivity index (χ3n) is 3.52. The van der Waals surface area contributed by atoms with E-state index in [2.05, 4.69) is 10.6 Å².